The number of aromatic nitrogens is 4. The maximum atomic E-state index is 12.4. The lowest BCUT2D eigenvalue weighted by atomic mass is 9.96. The number of aryl methyl sites for hydroxylation is 2. The molecule has 1 aliphatic rings. The Bertz CT molecular complexity index is 847. The summed E-state index contributed by atoms with van der Waals surface area (Å²) in [5.41, 5.74) is 3.00. The van der Waals surface area contributed by atoms with Gasteiger partial charge in [-0.3, -0.25) is 10.1 Å². The molecule has 0 unspecified atom stereocenters. The molecule has 1 saturated carbocycles. The van der Waals surface area contributed by atoms with E-state index in [4.69, 9.17) is 0 Å². The number of hydrogen-bond donors (Lipinski definition) is 2. The van der Waals surface area contributed by atoms with Gasteiger partial charge in [-0.2, -0.15) is 4.68 Å². The summed E-state index contributed by atoms with van der Waals surface area (Å²) in [5, 5.41) is 17.2. The van der Waals surface area contributed by atoms with E-state index in [2.05, 4.69) is 26.2 Å². The average molecular weight is 403 g/mol. The third-order valence-corrected chi connectivity index (χ3v) is 5.90. The van der Waals surface area contributed by atoms with Crippen molar-refractivity contribution in [2.24, 2.45) is 0 Å². The minimum absolute atomic E-state index is 0.154. The van der Waals surface area contributed by atoms with Crippen LogP contribution in [-0.2, 0) is 4.79 Å². The molecule has 1 heterocycles. The molecule has 1 aliphatic carbocycles. The van der Waals surface area contributed by atoms with Crippen molar-refractivity contribution >= 4 is 23.7 Å². The molecule has 0 radical (unpaired) electrons. The Morgan fingerprint density at radius 1 is 1.21 bits per heavy atom. The SMILES string of the molecule is Cc1ccc(C)c(-n2nnnc2S[C@H](C)C(=O)NC(=O)NC2CCCCC2)c1. The van der Waals surface area contributed by atoms with Gasteiger partial charge in [-0.05, 0) is 61.2 Å². The molecule has 1 aromatic carbocycles. The van der Waals surface area contributed by atoms with Crippen molar-refractivity contribution in [2.75, 3.05) is 0 Å². The van der Waals surface area contributed by atoms with Crippen molar-refractivity contribution in [1.29, 1.82) is 0 Å². The van der Waals surface area contributed by atoms with Crippen LogP contribution in [0.5, 0.6) is 0 Å². The van der Waals surface area contributed by atoms with Gasteiger partial charge in [-0.25, -0.2) is 4.79 Å². The van der Waals surface area contributed by atoms with Crippen LogP contribution in [0.3, 0.4) is 0 Å². The highest BCUT2D eigenvalue weighted by molar-refractivity contribution is 8.00. The fourth-order valence-corrected chi connectivity index (χ4v) is 4.05. The Morgan fingerprint density at radius 2 is 1.96 bits per heavy atom. The second-order valence-corrected chi connectivity index (χ2v) is 8.53. The topological polar surface area (TPSA) is 102 Å². The van der Waals surface area contributed by atoms with Gasteiger partial charge >= 0.3 is 6.03 Å². The van der Waals surface area contributed by atoms with E-state index in [9.17, 15) is 9.59 Å². The summed E-state index contributed by atoms with van der Waals surface area (Å²) in [5.74, 6) is -0.367. The Balaban J connectivity index is 1.61. The number of thioether (sulfide) groups is 1. The zero-order valence-electron chi connectivity index (χ0n) is 16.4. The number of hydrogen-bond acceptors (Lipinski definition) is 6. The fraction of sp³-hybridized carbons (Fsp3) is 0.526. The van der Waals surface area contributed by atoms with Crippen molar-refractivity contribution in [3.63, 3.8) is 0 Å². The number of amides is 3. The summed E-state index contributed by atoms with van der Waals surface area (Å²) in [6.07, 6.45) is 5.38. The number of imide groups is 1. The molecule has 0 spiro atoms. The van der Waals surface area contributed by atoms with E-state index in [0.29, 0.717) is 5.16 Å². The van der Waals surface area contributed by atoms with Crippen LogP contribution in [0.25, 0.3) is 5.69 Å². The summed E-state index contributed by atoms with van der Waals surface area (Å²) in [6, 6.07) is 5.75. The molecule has 3 rings (SSSR count). The summed E-state index contributed by atoms with van der Waals surface area (Å²) < 4.78 is 1.62. The first-order valence-electron chi connectivity index (χ1n) is 9.58. The van der Waals surface area contributed by atoms with Crippen LogP contribution in [0, 0.1) is 13.8 Å². The van der Waals surface area contributed by atoms with Crippen LogP contribution in [0.4, 0.5) is 4.79 Å². The maximum Gasteiger partial charge on any atom is 0.321 e. The molecule has 9 heteroatoms. The lowest BCUT2D eigenvalue weighted by Gasteiger charge is -2.23. The van der Waals surface area contributed by atoms with Crippen molar-refractivity contribution < 1.29 is 9.59 Å². The summed E-state index contributed by atoms with van der Waals surface area (Å²) >= 11 is 1.22. The minimum Gasteiger partial charge on any atom is -0.335 e. The van der Waals surface area contributed by atoms with E-state index in [1.165, 1.54) is 18.2 Å². The van der Waals surface area contributed by atoms with Gasteiger partial charge in [-0.1, -0.05) is 43.2 Å². The minimum atomic E-state index is -0.521. The van der Waals surface area contributed by atoms with E-state index in [1.54, 1.807) is 11.6 Å². The molecule has 28 heavy (non-hydrogen) atoms. The predicted octanol–water partition coefficient (Wildman–Crippen LogP) is 2.92. The maximum absolute atomic E-state index is 12.4. The predicted molar refractivity (Wildman–Crippen MR) is 107 cm³/mol. The second-order valence-electron chi connectivity index (χ2n) is 7.22. The number of nitrogens with one attached hydrogen (secondary N) is 2. The first-order valence-corrected chi connectivity index (χ1v) is 10.5. The monoisotopic (exact) mass is 402 g/mol. The molecule has 1 fully saturated rings. The normalized spacial score (nSPS) is 15.8. The number of nitrogens with zero attached hydrogens (tertiary/aromatic N) is 4. The standard InChI is InChI=1S/C19H26N6O2S/c1-12-9-10-13(2)16(11-12)25-19(22-23-24-25)28-14(3)17(26)21-18(27)20-15-7-5-4-6-8-15/h9-11,14-15H,4-8H2,1-3H3,(H2,20,21,26,27)/t14-/m1/s1. The van der Waals surface area contributed by atoms with Crippen LogP contribution in [0.1, 0.15) is 50.2 Å². The molecule has 2 N–H and O–H groups in total. The first kappa shape index (κ1) is 20.3. The van der Waals surface area contributed by atoms with E-state index in [1.807, 2.05) is 32.0 Å². The lowest BCUT2D eigenvalue weighted by molar-refractivity contribution is -0.119. The second kappa shape index (κ2) is 9.18. The van der Waals surface area contributed by atoms with Crippen LogP contribution in [0.15, 0.2) is 23.4 Å². The number of rotatable bonds is 5. The molecule has 0 aliphatic heterocycles. The van der Waals surface area contributed by atoms with Crippen molar-refractivity contribution in [3.8, 4) is 5.69 Å². The Morgan fingerprint density at radius 3 is 2.71 bits per heavy atom. The van der Waals surface area contributed by atoms with E-state index in [0.717, 1.165) is 42.5 Å². The van der Waals surface area contributed by atoms with Crippen molar-refractivity contribution in [1.82, 2.24) is 30.8 Å². The smallest absolute Gasteiger partial charge is 0.321 e. The van der Waals surface area contributed by atoms with Crippen LogP contribution < -0.4 is 10.6 Å². The Hall–Kier alpha value is -2.42. The van der Waals surface area contributed by atoms with Gasteiger partial charge in [0.15, 0.2) is 0 Å². The van der Waals surface area contributed by atoms with Gasteiger partial charge in [0.25, 0.3) is 0 Å². The molecule has 8 nitrogen and oxygen atoms in total. The van der Waals surface area contributed by atoms with Gasteiger partial charge in [0, 0.05) is 6.04 Å². The molecule has 3 amide bonds. The molecule has 1 atom stereocenters. The van der Waals surface area contributed by atoms with Crippen molar-refractivity contribution in [3.05, 3.63) is 29.3 Å². The van der Waals surface area contributed by atoms with Crippen LogP contribution >= 0.6 is 11.8 Å². The highest BCUT2D eigenvalue weighted by Gasteiger charge is 2.23. The summed E-state index contributed by atoms with van der Waals surface area (Å²) in [6.45, 7) is 5.72. The number of carbonyl (C=O) groups is 2. The van der Waals surface area contributed by atoms with E-state index >= 15 is 0 Å². The quantitative estimate of drug-likeness (QED) is 0.746. The molecule has 0 saturated heterocycles. The van der Waals surface area contributed by atoms with Crippen molar-refractivity contribution in [2.45, 2.75) is 69.3 Å². The lowest BCUT2D eigenvalue weighted by Crippen LogP contribution is -2.47. The number of tetrazole rings is 1. The molecule has 2 aromatic rings. The number of urea groups is 1. The van der Waals surface area contributed by atoms with E-state index < -0.39 is 11.3 Å². The average Bonchev–Trinajstić information content (AvgIpc) is 3.12. The van der Waals surface area contributed by atoms with Crippen LogP contribution in [-0.4, -0.2) is 43.4 Å². The molecule has 150 valence electrons. The Labute approximate surface area is 168 Å². The van der Waals surface area contributed by atoms with Gasteiger partial charge in [0.2, 0.25) is 11.1 Å². The largest absolute Gasteiger partial charge is 0.335 e. The first-order chi connectivity index (χ1) is 13.4. The zero-order valence-corrected chi connectivity index (χ0v) is 17.3. The number of benzene rings is 1. The van der Waals surface area contributed by atoms with Gasteiger partial charge in [0.05, 0.1) is 10.9 Å². The fourth-order valence-electron chi connectivity index (χ4n) is 3.24. The third kappa shape index (κ3) is 5.09. The number of carbonyl (C=O) groups excluding carboxylic acids is 2. The van der Waals surface area contributed by atoms with Crippen LogP contribution in [0.2, 0.25) is 0 Å². The Kier molecular flexibility index (Phi) is 6.66. The van der Waals surface area contributed by atoms with Gasteiger partial charge < -0.3 is 5.32 Å². The molecular weight excluding hydrogens is 376 g/mol. The summed E-state index contributed by atoms with van der Waals surface area (Å²) in [7, 11) is 0. The van der Waals surface area contributed by atoms with E-state index in [-0.39, 0.29) is 11.9 Å². The third-order valence-electron chi connectivity index (χ3n) is 4.86. The molecular formula is C19H26N6O2S. The highest BCUT2D eigenvalue weighted by Crippen LogP contribution is 2.25. The zero-order chi connectivity index (χ0) is 20.1. The molecule has 1 aromatic heterocycles. The highest BCUT2D eigenvalue weighted by atomic mass is 32.2. The van der Waals surface area contributed by atoms with Gasteiger partial charge in [-0.15, -0.1) is 5.10 Å². The molecule has 0 bridgehead atoms. The van der Waals surface area contributed by atoms with Gasteiger partial charge in [0.1, 0.15) is 0 Å². The summed E-state index contributed by atoms with van der Waals surface area (Å²) in [4.78, 5) is 24.5.